The van der Waals surface area contributed by atoms with Gasteiger partial charge in [0.05, 0.1) is 14.8 Å². The molecular weight excluding hydrogens is 129 g/mol. The molecule has 0 aliphatic carbocycles. The molecule has 1 heterocycles. The molecule has 11 heavy (non-hydrogen) atoms. The highest BCUT2D eigenvalue weighted by molar-refractivity contribution is 7.35. The van der Waals surface area contributed by atoms with Crippen molar-refractivity contribution in [3.63, 3.8) is 0 Å². The lowest BCUT2D eigenvalue weighted by Crippen LogP contribution is -2.29. The molecular formula is C8H15B3. The molecule has 0 nitrogen and oxygen atoms in total. The zero-order chi connectivity index (χ0) is 8.48. The third-order valence-corrected chi connectivity index (χ3v) is 2.32. The van der Waals surface area contributed by atoms with Crippen LogP contribution >= 0.6 is 0 Å². The first-order valence-corrected chi connectivity index (χ1v) is 4.44. The minimum absolute atomic E-state index is 0.351. The first kappa shape index (κ1) is 8.77. The normalized spacial score (nSPS) is 17.0. The van der Waals surface area contributed by atoms with Crippen LogP contribution in [-0.4, -0.2) is 21.4 Å². The highest BCUT2D eigenvalue weighted by atomic mass is 14.2. The minimum atomic E-state index is 0.351. The number of hydrogen-bond acceptors (Lipinski definition) is 0. The number of allylic oxidation sites excluding steroid dienone is 3. The number of hydrogen-bond donors (Lipinski definition) is 0. The van der Waals surface area contributed by atoms with Gasteiger partial charge in [0, 0.05) is 0 Å². The fourth-order valence-electron chi connectivity index (χ4n) is 1.68. The molecule has 0 fully saturated rings. The Balaban J connectivity index is 2.76. The standard InChI is InChI=1S/C8H15B3/c1-8(2,3)7-5-4-6-11(7)10-9/h4-6,10H,9H2,1-3H3. The maximum absolute atomic E-state index is 2.31. The van der Waals surface area contributed by atoms with E-state index in [0.29, 0.717) is 12.0 Å². The summed E-state index contributed by atoms with van der Waals surface area (Å²) in [6.07, 6.45) is 4.46. The highest BCUT2D eigenvalue weighted by Gasteiger charge is 2.26. The molecule has 0 N–H and O–H groups in total. The molecule has 0 spiro atoms. The van der Waals surface area contributed by atoms with Gasteiger partial charge >= 0.3 is 0 Å². The van der Waals surface area contributed by atoms with Crippen molar-refractivity contribution in [2.75, 3.05) is 0 Å². The summed E-state index contributed by atoms with van der Waals surface area (Å²) < 4.78 is 0. The van der Waals surface area contributed by atoms with Crippen LogP contribution in [0, 0.1) is 5.41 Å². The van der Waals surface area contributed by atoms with Gasteiger partial charge in [-0.15, -0.1) is 11.4 Å². The smallest absolute Gasteiger partial charge is 0.119 e. The van der Waals surface area contributed by atoms with Crippen molar-refractivity contribution in [1.82, 2.24) is 0 Å². The summed E-state index contributed by atoms with van der Waals surface area (Å²) in [5.41, 5.74) is 1.93. The molecule has 56 valence electrons. The van der Waals surface area contributed by atoms with E-state index in [0.717, 1.165) is 0 Å². The zero-order valence-corrected chi connectivity index (χ0v) is 8.02. The molecule has 0 aromatic heterocycles. The van der Waals surface area contributed by atoms with Crippen LogP contribution in [0.5, 0.6) is 0 Å². The molecule has 0 amide bonds. The molecule has 0 unspecified atom stereocenters. The van der Waals surface area contributed by atoms with Crippen LogP contribution in [0.1, 0.15) is 20.8 Å². The van der Waals surface area contributed by atoms with E-state index in [-0.39, 0.29) is 0 Å². The summed E-state index contributed by atoms with van der Waals surface area (Å²) in [6, 6.07) is 0. The summed E-state index contributed by atoms with van der Waals surface area (Å²) in [4.78, 5) is 0. The van der Waals surface area contributed by atoms with Gasteiger partial charge in [-0.1, -0.05) is 32.9 Å². The van der Waals surface area contributed by atoms with E-state index in [4.69, 9.17) is 0 Å². The van der Waals surface area contributed by atoms with Gasteiger partial charge in [0.1, 0.15) is 0 Å². The van der Waals surface area contributed by atoms with E-state index in [9.17, 15) is 0 Å². The maximum Gasteiger partial charge on any atom is 0.152 e. The van der Waals surface area contributed by atoms with E-state index >= 15 is 0 Å². The van der Waals surface area contributed by atoms with Crippen molar-refractivity contribution in [1.29, 1.82) is 0 Å². The lowest BCUT2D eigenvalue weighted by molar-refractivity contribution is 0.529. The average Bonchev–Trinajstić information content (AvgIpc) is 2.31. The van der Waals surface area contributed by atoms with Crippen LogP contribution in [0.15, 0.2) is 23.6 Å². The molecule has 0 radical (unpaired) electrons. The van der Waals surface area contributed by atoms with Crippen LogP contribution in [0.4, 0.5) is 0 Å². The van der Waals surface area contributed by atoms with Gasteiger partial charge in [-0.2, -0.15) is 0 Å². The van der Waals surface area contributed by atoms with Crippen molar-refractivity contribution in [2.24, 2.45) is 5.41 Å². The Labute approximate surface area is 71.8 Å². The molecule has 1 aliphatic rings. The molecule has 0 saturated carbocycles. The Morgan fingerprint density at radius 3 is 2.45 bits per heavy atom. The highest BCUT2D eigenvalue weighted by Crippen LogP contribution is 2.29. The van der Waals surface area contributed by atoms with E-state index in [1.54, 1.807) is 5.47 Å². The monoisotopic (exact) mass is 144 g/mol. The Hall–Kier alpha value is -0.325. The van der Waals surface area contributed by atoms with Gasteiger partial charge < -0.3 is 0 Å². The van der Waals surface area contributed by atoms with Gasteiger partial charge in [-0.3, -0.25) is 0 Å². The summed E-state index contributed by atoms with van der Waals surface area (Å²) in [6.45, 7) is 7.56. The lowest BCUT2D eigenvalue weighted by Gasteiger charge is -2.24. The topological polar surface area (TPSA) is 0 Å². The Kier molecular flexibility index (Phi) is 2.36. The van der Waals surface area contributed by atoms with Crippen molar-refractivity contribution in [3.05, 3.63) is 23.6 Å². The summed E-state index contributed by atoms with van der Waals surface area (Å²) in [5, 5.41) is 0. The molecule has 0 aromatic carbocycles. The Morgan fingerprint density at radius 2 is 2.09 bits per heavy atom. The van der Waals surface area contributed by atoms with E-state index in [2.05, 4.69) is 46.6 Å². The van der Waals surface area contributed by atoms with Crippen LogP contribution in [0.3, 0.4) is 0 Å². The molecule has 0 aromatic rings. The van der Waals surface area contributed by atoms with Gasteiger partial charge in [0.2, 0.25) is 0 Å². The predicted molar refractivity (Wildman–Crippen MR) is 58.1 cm³/mol. The Bertz CT molecular complexity index is 198. The average molecular weight is 144 g/mol. The minimum Gasteiger partial charge on any atom is -0.119 e. The van der Waals surface area contributed by atoms with Crippen LogP contribution in [-0.2, 0) is 0 Å². The van der Waals surface area contributed by atoms with Gasteiger partial charge in [0.25, 0.3) is 0 Å². The molecule has 0 atom stereocenters. The Morgan fingerprint density at radius 1 is 1.45 bits per heavy atom. The van der Waals surface area contributed by atoms with Crippen molar-refractivity contribution < 1.29 is 0 Å². The molecule has 1 aliphatic heterocycles. The van der Waals surface area contributed by atoms with Crippen molar-refractivity contribution >= 4 is 21.4 Å². The molecule has 0 bridgehead atoms. The third-order valence-electron chi connectivity index (χ3n) is 2.32. The second kappa shape index (κ2) is 2.96. The lowest BCUT2D eigenvalue weighted by atomic mass is 9.11. The second-order valence-electron chi connectivity index (χ2n) is 4.27. The first-order chi connectivity index (χ1) is 5.05. The predicted octanol–water partition coefficient (Wildman–Crippen LogP) is 0.583. The van der Waals surface area contributed by atoms with Crippen LogP contribution in [0.2, 0.25) is 0 Å². The van der Waals surface area contributed by atoms with Crippen molar-refractivity contribution in [2.45, 2.75) is 20.8 Å². The molecule has 1 rings (SSSR count). The first-order valence-electron chi connectivity index (χ1n) is 4.44. The quantitative estimate of drug-likeness (QED) is 0.472. The third kappa shape index (κ3) is 1.82. The van der Waals surface area contributed by atoms with E-state index < -0.39 is 0 Å². The fraction of sp³-hybridized carbons (Fsp3) is 0.500. The SMILES string of the molecule is BBB1C=CC=C1C(C)(C)C. The van der Waals surface area contributed by atoms with E-state index in [1.165, 1.54) is 7.06 Å². The molecule has 3 heteroatoms. The van der Waals surface area contributed by atoms with Gasteiger partial charge in [-0.25, -0.2) is 0 Å². The fourth-order valence-corrected chi connectivity index (χ4v) is 1.68. The summed E-state index contributed by atoms with van der Waals surface area (Å²) in [7, 11) is 3.49. The van der Waals surface area contributed by atoms with Gasteiger partial charge in [0.15, 0.2) is 6.60 Å². The largest absolute Gasteiger partial charge is 0.152 e. The van der Waals surface area contributed by atoms with Crippen LogP contribution in [0.25, 0.3) is 0 Å². The number of rotatable bonds is 1. The summed E-state index contributed by atoms with van der Waals surface area (Å²) >= 11 is 0. The van der Waals surface area contributed by atoms with Crippen LogP contribution < -0.4 is 0 Å². The zero-order valence-electron chi connectivity index (χ0n) is 8.02. The maximum atomic E-state index is 2.31. The molecule has 0 saturated heterocycles. The second-order valence-corrected chi connectivity index (χ2v) is 4.27. The van der Waals surface area contributed by atoms with E-state index in [1.807, 2.05) is 0 Å². The van der Waals surface area contributed by atoms with Gasteiger partial charge in [-0.05, 0) is 5.41 Å². The van der Waals surface area contributed by atoms with Crippen molar-refractivity contribution in [3.8, 4) is 0 Å². The summed E-state index contributed by atoms with van der Waals surface area (Å²) in [5.74, 6) is 2.31.